The Bertz CT molecular complexity index is 959. The van der Waals surface area contributed by atoms with Crippen molar-refractivity contribution < 1.29 is 23.5 Å². The van der Waals surface area contributed by atoms with Gasteiger partial charge in [-0.05, 0) is 11.6 Å². The number of carboxylic acid groups (broad SMARTS) is 1. The van der Waals surface area contributed by atoms with Gasteiger partial charge in [0.2, 0.25) is 0 Å². The first-order chi connectivity index (χ1) is 12.9. The first kappa shape index (κ1) is 18.5. The molecule has 6 N–H and O–H groups in total. The number of nitrogen functional groups attached to an aromatic ring is 1. The monoisotopic (exact) mass is 373 g/mol. The third-order valence-corrected chi connectivity index (χ3v) is 4.41. The number of benzene rings is 2. The molecular formula is C19H17F2N3O3. The van der Waals surface area contributed by atoms with Crippen molar-refractivity contribution in [3.05, 3.63) is 70.3 Å². The van der Waals surface area contributed by atoms with Crippen LogP contribution in [0.5, 0.6) is 0 Å². The van der Waals surface area contributed by atoms with Gasteiger partial charge in [-0.2, -0.15) is 0 Å². The fraction of sp³-hybridized carbons (Fsp3) is 0.158. The molecule has 0 saturated carbocycles. The molecule has 0 aliphatic heterocycles. The number of carboxylic acids is 1. The molecule has 0 saturated heterocycles. The molecule has 140 valence electrons. The molecule has 27 heavy (non-hydrogen) atoms. The molecule has 1 aliphatic carbocycles. The number of hydrogen-bond donors (Lipinski definition) is 4. The standard InChI is InChI=1S/C19H17F2N3O3/c20-15-14-12(9-4-2-1-3-5-9)10(19(26)27)8-11(25)13(14)17(23)16(21)18(15)24-7-6-22/h1-5,8,12,24H,6-7,22-23H2,(H,26,27). The first-order valence-electron chi connectivity index (χ1n) is 8.16. The third kappa shape index (κ3) is 3.04. The van der Waals surface area contributed by atoms with Crippen LogP contribution in [0.3, 0.4) is 0 Å². The average molecular weight is 373 g/mol. The van der Waals surface area contributed by atoms with Crippen molar-refractivity contribution in [2.75, 3.05) is 24.1 Å². The summed E-state index contributed by atoms with van der Waals surface area (Å²) < 4.78 is 29.9. The summed E-state index contributed by atoms with van der Waals surface area (Å²) in [6.07, 6.45) is 0.866. The van der Waals surface area contributed by atoms with Crippen LogP contribution in [0.25, 0.3) is 0 Å². The minimum atomic E-state index is -1.37. The van der Waals surface area contributed by atoms with E-state index in [0.717, 1.165) is 6.08 Å². The number of fused-ring (bicyclic) bond motifs is 1. The highest BCUT2D eigenvalue weighted by molar-refractivity contribution is 6.15. The number of nitrogens with one attached hydrogen (secondary N) is 1. The van der Waals surface area contributed by atoms with Gasteiger partial charge >= 0.3 is 5.97 Å². The second kappa shape index (κ2) is 7.16. The summed E-state index contributed by atoms with van der Waals surface area (Å²) in [4.78, 5) is 24.2. The Morgan fingerprint density at radius 2 is 1.85 bits per heavy atom. The van der Waals surface area contributed by atoms with Gasteiger partial charge < -0.3 is 21.9 Å². The number of anilines is 2. The number of nitrogens with two attached hydrogens (primary N) is 2. The quantitative estimate of drug-likeness (QED) is 0.597. The van der Waals surface area contributed by atoms with Crippen molar-refractivity contribution in [1.82, 2.24) is 0 Å². The number of hydrogen-bond acceptors (Lipinski definition) is 5. The smallest absolute Gasteiger partial charge is 0.332 e. The fourth-order valence-corrected chi connectivity index (χ4v) is 3.25. The first-order valence-corrected chi connectivity index (χ1v) is 8.16. The summed E-state index contributed by atoms with van der Waals surface area (Å²) in [6, 6.07) is 8.23. The van der Waals surface area contributed by atoms with Gasteiger partial charge in [0.1, 0.15) is 5.69 Å². The molecule has 0 spiro atoms. The zero-order chi connectivity index (χ0) is 19.7. The van der Waals surface area contributed by atoms with Crippen LogP contribution in [0.2, 0.25) is 0 Å². The number of allylic oxidation sites excluding steroid dienone is 1. The van der Waals surface area contributed by atoms with Crippen LogP contribution in [0.1, 0.15) is 27.4 Å². The lowest BCUT2D eigenvalue weighted by molar-refractivity contribution is -0.132. The van der Waals surface area contributed by atoms with Gasteiger partial charge in [-0.15, -0.1) is 0 Å². The lowest BCUT2D eigenvalue weighted by atomic mass is 9.76. The normalized spacial score (nSPS) is 15.9. The van der Waals surface area contributed by atoms with Gasteiger partial charge in [-0.1, -0.05) is 30.3 Å². The Morgan fingerprint density at radius 3 is 2.44 bits per heavy atom. The van der Waals surface area contributed by atoms with E-state index in [0.29, 0.717) is 5.56 Å². The molecule has 0 bridgehead atoms. The summed E-state index contributed by atoms with van der Waals surface area (Å²) in [5, 5.41) is 12.1. The van der Waals surface area contributed by atoms with Crippen LogP contribution in [-0.2, 0) is 4.79 Å². The van der Waals surface area contributed by atoms with Crippen LogP contribution < -0.4 is 16.8 Å². The molecule has 0 fully saturated rings. The summed E-state index contributed by atoms with van der Waals surface area (Å²) in [5.41, 5.74) is 9.61. The van der Waals surface area contributed by atoms with Gasteiger partial charge in [0.25, 0.3) is 0 Å². The Hall–Kier alpha value is -3.26. The summed E-state index contributed by atoms with van der Waals surface area (Å²) in [5.74, 6) is -5.50. The maximum absolute atomic E-state index is 15.3. The molecule has 0 aromatic heterocycles. The SMILES string of the molecule is NCCNc1c(F)c(N)c2c(c1F)C(c1ccccc1)C(C(=O)O)=CC2=O. The van der Waals surface area contributed by atoms with Crippen molar-refractivity contribution in [3.8, 4) is 0 Å². The number of aliphatic carboxylic acids is 1. The van der Waals surface area contributed by atoms with E-state index in [9.17, 15) is 19.1 Å². The molecule has 0 amide bonds. The second-order valence-electron chi connectivity index (χ2n) is 6.03. The second-order valence-corrected chi connectivity index (χ2v) is 6.03. The molecule has 8 heteroatoms. The summed E-state index contributed by atoms with van der Waals surface area (Å²) in [7, 11) is 0. The van der Waals surface area contributed by atoms with E-state index >= 15 is 4.39 Å². The van der Waals surface area contributed by atoms with Gasteiger partial charge in [-0.3, -0.25) is 4.79 Å². The fourth-order valence-electron chi connectivity index (χ4n) is 3.25. The van der Waals surface area contributed by atoms with Crippen molar-refractivity contribution in [2.24, 2.45) is 5.73 Å². The zero-order valence-electron chi connectivity index (χ0n) is 14.1. The van der Waals surface area contributed by atoms with Crippen LogP contribution in [0, 0.1) is 11.6 Å². The predicted octanol–water partition coefficient (Wildman–Crippen LogP) is 2.26. The Kier molecular flexibility index (Phi) is 4.91. The maximum Gasteiger partial charge on any atom is 0.332 e. The molecule has 3 rings (SSSR count). The van der Waals surface area contributed by atoms with Crippen LogP contribution in [0.4, 0.5) is 20.2 Å². The third-order valence-electron chi connectivity index (χ3n) is 4.41. The molecule has 0 radical (unpaired) electrons. The number of carbonyl (C=O) groups excluding carboxylic acids is 1. The lowest BCUT2D eigenvalue weighted by Gasteiger charge is -2.28. The van der Waals surface area contributed by atoms with Crippen LogP contribution in [-0.4, -0.2) is 29.9 Å². The number of ketones is 1. The van der Waals surface area contributed by atoms with Gasteiger partial charge in [0, 0.05) is 24.6 Å². The molecule has 0 heterocycles. The van der Waals surface area contributed by atoms with E-state index in [1.54, 1.807) is 30.3 Å². The molecular weight excluding hydrogens is 356 g/mol. The number of rotatable bonds is 5. The lowest BCUT2D eigenvalue weighted by Crippen LogP contribution is -2.26. The molecule has 1 aliphatic rings. The largest absolute Gasteiger partial charge is 0.478 e. The molecule has 1 atom stereocenters. The van der Waals surface area contributed by atoms with E-state index in [4.69, 9.17) is 11.5 Å². The maximum atomic E-state index is 15.3. The average Bonchev–Trinajstić information content (AvgIpc) is 2.66. The van der Waals surface area contributed by atoms with E-state index < -0.39 is 40.7 Å². The van der Waals surface area contributed by atoms with Gasteiger partial charge in [-0.25, -0.2) is 13.6 Å². The number of halogens is 2. The van der Waals surface area contributed by atoms with Crippen molar-refractivity contribution in [1.29, 1.82) is 0 Å². The molecule has 2 aromatic carbocycles. The number of carbonyl (C=O) groups is 2. The molecule has 1 unspecified atom stereocenters. The summed E-state index contributed by atoms with van der Waals surface area (Å²) in [6.45, 7) is 0.175. The van der Waals surface area contributed by atoms with E-state index in [1.165, 1.54) is 0 Å². The highest BCUT2D eigenvalue weighted by Gasteiger charge is 2.38. The Morgan fingerprint density at radius 1 is 1.19 bits per heavy atom. The minimum absolute atomic E-state index is 0.0671. The highest BCUT2D eigenvalue weighted by atomic mass is 19.1. The minimum Gasteiger partial charge on any atom is -0.478 e. The Balaban J connectivity index is 2.35. The highest BCUT2D eigenvalue weighted by Crippen LogP contribution is 2.44. The predicted molar refractivity (Wildman–Crippen MR) is 96.6 cm³/mol. The molecule has 2 aromatic rings. The van der Waals surface area contributed by atoms with Gasteiger partial charge in [0.15, 0.2) is 17.4 Å². The van der Waals surface area contributed by atoms with Gasteiger partial charge in [0.05, 0.1) is 16.8 Å². The summed E-state index contributed by atoms with van der Waals surface area (Å²) >= 11 is 0. The van der Waals surface area contributed by atoms with Crippen LogP contribution >= 0.6 is 0 Å². The van der Waals surface area contributed by atoms with Crippen molar-refractivity contribution in [3.63, 3.8) is 0 Å². The molecule has 6 nitrogen and oxygen atoms in total. The van der Waals surface area contributed by atoms with E-state index in [-0.39, 0.29) is 29.8 Å². The van der Waals surface area contributed by atoms with Crippen molar-refractivity contribution in [2.45, 2.75) is 5.92 Å². The Labute approximate surface area is 153 Å². The topological polar surface area (TPSA) is 118 Å². The van der Waals surface area contributed by atoms with Crippen molar-refractivity contribution >= 4 is 23.1 Å². The van der Waals surface area contributed by atoms with Crippen LogP contribution in [0.15, 0.2) is 42.0 Å². The van der Waals surface area contributed by atoms with E-state index in [1.807, 2.05) is 0 Å². The zero-order valence-corrected chi connectivity index (χ0v) is 14.1. The van der Waals surface area contributed by atoms with E-state index in [2.05, 4.69) is 5.32 Å².